The minimum Gasteiger partial charge on any atom is -0.384 e. The average molecular weight is 266 g/mol. The van der Waals surface area contributed by atoms with Crippen molar-refractivity contribution in [3.8, 4) is 11.3 Å². The summed E-state index contributed by atoms with van der Waals surface area (Å²) in [5.41, 5.74) is 8.44. The minimum absolute atomic E-state index is 0.330. The third kappa shape index (κ3) is 2.31. The zero-order valence-corrected chi connectivity index (χ0v) is 11.1. The second-order valence-electron chi connectivity index (χ2n) is 4.41. The molecule has 3 rings (SSSR count). The molecule has 2 N–H and O–H groups in total. The number of anilines is 1. The number of methoxy groups -OCH3 is 1. The van der Waals surface area contributed by atoms with Gasteiger partial charge in [0.25, 0.3) is 0 Å². The van der Waals surface area contributed by atoms with Gasteiger partial charge in [0, 0.05) is 30.3 Å². The summed E-state index contributed by atoms with van der Waals surface area (Å²) in [4.78, 5) is 13.1. The van der Waals surface area contributed by atoms with Crippen LogP contribution < -0.4 is 5.73 Å². The Morgan fingerprint density at radius 2 is 2.00 bits per heavy atom. The molecule has 5 heteroatoms. The SMILES string of the molecule is COCc1nc(N)cc(-c2cccc3cccnc23)n1. The molecule has 0 atom stereocenters. The van der Waals surface area contributed by atoms with E-state index in [0.717, 1.165) is 22.2 Å². The number of benzene rings is 1. The molecule has 0 aliphatic carbocycles. The van der Waals surface area contributed by atoms with Gasteiger partial charge < -0.3 is 10.5 Å². The molecular formula is C15H14N4O. The minimum atomic E-state index is 0.330. The van der Waals surface area contributed by atoms with E-state index in [1.807, 2.05) is 30.3 Å². The van der Waals surface area contributed by atoms with Gasteiger partial charge in [-0.05, 0) is 6.07 Å². The fourth-order valence-corrected chi connectivity index (χ4v) is 2.16. The van der Waals surface area contributed by atoms with Crippen LogP contribution in [0.1, 0.15) is 5.82 Å². The number of nitrogen functional groups attached to an aromatic ring is 1. The quantitative estimate of drug-likeness (QED) is 0.788. The number of pyridine rings is 1. The highest BCUT2D eigenvalue weighted by molar-refractivity contribution is 5.92. The summed E-state index contributed by atoms with van der Waals surface area (Å²) < 4.78 is 5.07. The van der Waals surface area contributed by atoms with Gasteiger partial charge in [0.2, 0.25) is 0 Å². The van der Waals surface area contributed by atoms with Crippen LogP contribution in [0.4, 0.5) is 5.82 Å². The van der Waals surface area contributed by atoms with E-state index in [1.54, 1.807) is 19.4 Å². The van der Waals surface area contributed by atoms with E-state index >= 15 is 0 Å². The van der Waals surface area contributed by atoms with Crippen molar-refractivity contribution in [3.05, 3.63) is 48.4 Å². The number of hydrogen-bond acceptors (Lipinski definition) is 5. The lowest BCUT2D eigenvalue weighted by Gasteiger charge is -2.07. The molecule has 0 aliphatic rings. The van der Waals surface area contributed by atoms with E-state index in [0.29, 0.717) is 18.2 Å². The van der Waals surface area contributed by atoms with Gasteiger partial charge in [0.05, 0.1) is 11.2 Å². The predicted molar refractivity (Wildman–Crippen MR) is 77.9 cm³/mol. The Kier molecular flexibility index (Phi) is 3.26. The first-order valence-corrected chi connectivity index (χ1v) is 6.24. The standard InChI is InChI=1S/C15H14N4O/c1-20-9-14-18-12(8-13(16)19-14)11-6-2-4-10-5-3-7-17-15(10)11/h2-8H,9H2,1H3,(H2,16,18,19). The van der Waals surface area contributed by atoms with Crippen LogP contribution in [0.3, 0.4) is 0 Å². The van der Waals surface area contributed by atoms with Crippen molar-refractivity contribution in [1.29, 1.82) is 0 Å². The fourth-order valence-electron chi connectivity index (χ4n) is 2.16. The molecule has 0 fully saturated rings. The molecule has 5 nitrogen and oxygen atoms in total. The maximum atomic E-state index is 5.84. The van der Waals surface area contributed by atoms with E-state index in [1.165, 1.54) is 0 Å². The average Bonchev–Trinajstić information content (AvgIpc) is 2.46. The lowest BCUT2D eigenvalue weighted by Crippen LogP contribution is -2.02. The van der Waals surface area contributed by atoms with E-state index in [-0.39, 0.29) is 0 Å². The van der Waals surface area contributed by atoms with Gasteiger partial charge in [-0.3, -0.25) is 4.98 Å². The molecule has 0 aliphatic heterocycles. The molecule has 100 valence electrons. The van der Waals surface area contributed by atoms with Crippen LogP contribution >= 0.6 is 0 Å². The van der Waals surface area contributed by atoms with Crippen molar-refractivity contribution in [3.63, 3.8) is 0 Å². The number of hydrogen-bond donors (Lipinski definition) is 1. The maximum Gasteiger partial charge on any atom is 0.157 e. The van der Waals surface area contributed by atoms with Crippen LogP contribution in [-0.4, -0.2) is 22.1 Å². The molecule has 2 aromatic heterocycles. The molecule has 0 spiro atoms. The number of nitrogens with two attached hydrogens (primary N) is 1. The Hall–Kier alpha value is -2.53. The van der Waals surface area contributed by atoms with Gasteiger partial charge in [0.1, 0.15) is 12.4 Å². The Morgan fingerprint density at radius 3 is 2.85 bits per heavy atom. The Labute approximate surface area is 116 Å². The number of fused-ring (bicyclic) bond motifs is 1. The third-order valence-electron chi connectivity index (χ3n) is 2.97. The van der Waals surface area contributed by atoms with Crippen LogP contribution in [0.5, 0.6) is 0 Å². The second kappa shape index (κ2) is 5.22. The second-order valence-corrected chi connectivity index (χ2v) is 4.41. The number of rotatable bonds is 3. The molecule has 1 aromatic carbocycles. The lowest BCUT2D eigenvalue weighted by atomic mass is 10.1. The van der Waals surface area contributed by atoms with Gasteiger partial charge in [-0.15, -0.1) is 0 Å². The summed E-state index contributed by atoms with van der Waals surface area (Å²) in [5, 5.41) is 1.07. The van der Waals surface area contributed by atoms with E-state index in [9.17, 15) is 0 Å². The predicted octanol–water partition coefficient (Wildman–Crippen LogP) is 2.42. The van der Waals surface area contributed by atoms with Crippen LogP contribution in [-0.2, 0) is 11.3 Å². The first-order valence-electron chi connectivity index (χ1n) is 6.24. The highest BCUT2D eigenvalue weighted by Gasteiger charge is 2.09. The summed E-state index contributed by atoms with van der Waals surface area (Å²) >= 11 is 0. The number of nitrogens with zero attached hydrogens (tertiary/aromatic N) is 3. The van der Waals surface area contributed by atoms with Crippen molar-refractivity contribution in [2.45, 2.75) is 6.61 Å². The zero-order valence-electron chi connectivity index (χ0n) is 11.1. The number of aromatic nitrogens is 3. The summed E-state index contributed by atoms with van der Waals surface area (Å²) in [5.74, 6) is 0.991. The third-order valence-corrected chi connectivity index (χ3v) is 2.97. The van der Waals surface area contributed by atoms with Crippen LogP contribution in [0.15, 0.2) is 42.6 Å². The first kappa shape index (κ1) is 12.5. The summed E-state index contributed by atoms with van der Waals surface area (Å²) in [6.07, 6.45) is 1.77. The lowest BCUT2D eigenvalue weighted by molar-refractivity contribution is 0.178. The van der Waals surface area contributed by atoms with Crippen molar-refractivity contribution in [2.24, 2.45) is 0 Å². The van der Waals surface area contributed by atoms with E-state index < -0.39 is 0 Å². The van der Waals surface area contributed by atoms with Gasteiger partial charge in [-0.25, -0.2) is 9.97 Å². The Balaban J connectivity index is 2.20. The zero-order chi connectivity index (χ0) is 13.9. The van der Waals surface area contributed by atoms with Crippen LogP contribution in [0, 0.1) is 0 Å². The summed E-state index contributed by atoms with van der Waals surface area (Å²) in [7, 11) is 1.60. The molecule has 20 heavy (non-hydrogen) atoms. The fraction of sp³-hybridized carbons (Fsp3) is 0.133. The van der Waals surface area contributed by atoms with Crippen molar-refractivity contribution < 1.29 is 4.74 Å². The van der Waals surface area contributed by atoms with E-state index in [4.69, 9.17) is 10.5 Å². The smallest absolute Gasteiger partial charge is 0.157 e. The summed E-state index contributed by atoms with van der Waals surface area (Å²) in [6.45, 7) is 0.330. The van der Waals surface area contributed by atoms with Crippen molar-refractivity contribution in [2.75, 3.05) is 12.8 Å². The van der Waals surface area contributed by atoms with Crippen LogP contribution in [0.25, 0.3) is 22.2 Å². The molecule has 3 aromatic rings. The molecule has 0 saturated heterocycles. The van der Waals surface area contributed by atoms with Crippen molar-refractivity contribution >= 4 is 16.7 Å². The van der Waals surface area contributed by atoms with Gasteiger partial charge in [-0.1, -0.05) is 24.3 Å². The first-order chi connectivity index (χ1) is 9.78. The van der Waals surface area contributed by atoms with Gasteiger partial charge in [-0.2, -0.15) is 0 Å². The topological polar surface area (TPSA) is 73.9 Å². The van der Waals surface area contributed by atoms with Crippen molar-refractivity contribution in [1.82, 2.24) is 15.0 Å². The molecule has 0 radical (unpaired) electrons. The molecular weight excluding hydrogens is 252 g/mol. The van der Waals surface area contributed by atoms with Gasteiger partial charge in [0.15, 0.2) is 5.82 Å². The van der Waals surface area contributed by atoms with E-state index in [2.05, 4.69) is 15.0 Å². The van der Waals surface area contributed by atoms with Gasteiger partial charge >= 0.3 is 0 Å². The molecule has 0 bridgehead atoms. The highest BCUT2D eigenvalue weighted by Crippen LogP contribution is 2.26. The molecule has 0 amide bonds. The highest BCUT2D eigenvalue weighted by atomic mass is 16.5. The molecule has 0 unspecified atom stereocenters. The normalized spacial score (nSPS) is 10.8. The molecule has 2 heterocycles. The molecule has 0 saturated carbocycles. The number of para-hydroxylation sites is 1. The summed E-state index contributed by atoms with van der Waals surface area (Å²) in [6, 6.07) is 11.7. The monoisotopic (exact) mass is 266 g/mol. The number of ether oxygens (including phenoxy) is 1. The maximum absolute atomic E-state index is 5.84. The van der Waals surface area contributed by atoms with Crippen LogP contribution in [0.2, 0.25) is 0 Å². The Bertz CT molecular complexity index is 752. The largest absolute Gasteiger partial charge is 0.384 e. The Morgan fingerprint density at radius 1 is 1.15 bits per heavy atom.